The van der Waals surface area contributed by atoms with Crippen LogP contribution in [0.4, 0.5) is 0 Å². The first-order chi connectivity index (χ1) is 8.04. The monoisotopic (exact) mass is 235 g/mol. The lowest BCUT2D eigenvalue weighted by Crippen LogP contribution is -2.34. The van der Waals surface area contributed by atoms with Crippen molar-refractivity contribution < 1.29 is 14.3 Å². The molecular weight excluding hydrogens is 218 g/mol. The smallest absolute Gasteiger partial charge is 0.323 e. The summed E-state index contributed by atoms with van der Waals surface area (Å²) in [5.74, 6) is -0.678. The molecule has 0 bridgehead atoms. The van der Waals surface area contributed by atoms with Crippen molar-refractivity contribution in [3.63, 3.8) is 0 Å². The van der Waals surface area contributed by atoms with E-state index in [0.29, 0.717) is 5.56 Å². The number of nitrogens with two attached hydrogens (primary N) is 1. The third-order valence-electron chi connectivity index (χ3n) is 2.33. The zero-order valence-electron chi connectivity index (χ0n) is 10.1. The molecule has 17 heavy (non-hydrogen) atoms. The van der Waals surface area contributed by atoms with Crippen molar-refractivity contribution in [3.05, 3.63) is 35.4 Å². The van der Waals surface area contributed by atoms with E-state index in [0.717, 1.165) is 5.56 Å². The van der Waals surface area contributed by atoms with Crippen LogP contribution in [0.25, 0.3) is 0 Å². The molecule has 0 amide bonds. The zero-order valence-corrected chi connectivity index (χ0v) is 10.1. The molecule has 1 aromatic rings. The number of aryl methyl sites for hydroxylation is 1. The lowest BCUT2D eigenvalue weighted by atomic mass is 10.0. The van der Waals surface area contributed by atoms with Gasteiger partial charge in [-0.15, -0.1) is 0 Å². The molecule has 0 heterocycles. The normalized spacial score (nSPS) is 11.9. The van der Waals surface area contributed by atoms with E-state index >= 15 is 0 Å². The Labute approximate surface area is 101 Å². The number of hydrogen-bond acceptors (Lipinski definition) is 4. The number of Topliss-reactive ketones (excluding diaryl/α,β-unsaturated/α-hetero) is 1. The summed E-state index contributed by atoms with van der Waals surface area (Å²) >= 11 is 0. The van der Waals surface area contributed by atoms with Gasteiger partial charge in [-0.05, 0) is 19.9 Å². The van der Waals surface area contributed by atoms with Crippen LogP contribution in [0.5, 0.6) is 0 Å². The third-order valence-corrected chi connectivity index (χ3v) is 2.33. The maximum Gasteiger partial charge on any atom is 0.323 e. The molecule has 0 aliphatic carbocycles. The summed E-state index contributed by atoms with van der Waals surface area (Å²) in [6.07, 6.45) is -0.0255. The highest BCUT2D eigenvalue weighted by molar-refractivity contribution is 5.98. The van der Waals surface area contributed by atoms with Gasteiger partial charge in [0.2, 0.25) is 0 Å². The van der Waals surface area contributed by atoms with Gasteiger partial charge >= 0.3 is 5.97 Å². The summed E-state index contributed by atoms with van der Waals surface area (Å²) in [4.78, 5) is 23.1. The van der Waals surface area contributed by atoms with Gasteiger partial charge in [-0.25, -0.2) is 0 Å². The largest absolute Gasteiger partial charge is 0.465 e. The molecule has 0 aliphatic rings. The van der Waals surface area contributed by atoms with Crippen LogP contribution in [0, 0.1) is 6.92 Å². The average Bonchev–Trinajstić information content (AvgIpc) is 2.29. The van der Waals surface area contributed by atoms with Crippen molar-refractivity contribution in [2.45, 2.75) is 26.3 Å². The fraction of sp³-hybridized carbons (Fsp3) is 0.385. The molecule has 92 valence electrons. The molecule has 0 radical (unpaired) electrons. The van der Waals surface area contributed by atoms with Crippen molar-refractivity contribution in [3.8, 4) is 0 Å². The van der Waals surface area contributed by atoms with E-state index in [2.05, 4.69) is 0 Å². The highest BCUT2D eigenvalue weighted by Crippen LogP contribution is 2.08. The highest BCUT2D eigenvalue weighted by atomic mass is 16.5. The van der Waals surface area contributed by atoms with Crippen LogP contribution in [0.3, 0.4) is 0 Å². The zero-order chi connectivity index (χ0) is 12.8. The van der Waals surface area contributed by atoms with E-state index in [-0.39, 0.29) is 18.8 Å². The van der Waals surface area contributed by atoms with E-state index in [1.807, 2.05) is 13.0 Å². The molecule has 1 rings (SSSR count). The molecule has 4 heteroatoms. The van der Waals surface area contributed by atoms with Crippen LogP contribution < -0.4 is 5.73 Å². The Morgan fingerprint density at radius 1 is 1.41 bits per heavy atom. The number of benzene rings is 1. The molecule has 0 aliphatic heterocycles. The minimum absolute atomic E-state index is 0.0255. The summed E-state index contributed by atoms with van der Waals surface area (Å²) in [7, 11) is 0. The van der Waals surface area contributed by atoms with Gasteiger partial charge in [0, 0.05) is 12.0 Å². The summed E-state index contributed by atoms with van der Waals surface area (Å²) in [6, 6.07) is 6.32. The number of carbonyl (C=O) groups excluding carboxylic acids is 2. The van der Waals surface area contributed by atoms with E-state index < -0.39 is 12.0 Å². The van der Waals surface area contributed by atoms with Crippen molar-refractivity contribution >= 4 is 11.8 Å². The van der Waals surface area contributed by atoms with E-state index in [9.17, 15) is 9.59 Å². The van der Waals surface area contributed by atoms with Crippen LogP contribution in [0.15, 0.2) is 24.3 Å². The second-order valence-corrected chi connectivity index (χ2v) is 3.86. The molecule has 0 saturated carbocycles. The fourth-order valence-electron chi connectivity index (χ4n) is 1.47. The molecule has 0 fully saturated rings. The Morgan fingerprint density at radius 3 is 2.71 bits per heavy atom. The van der Waals surface area contributed by atoms with E-state index in [4.69, 9.17) is 10.5 Å². The first-order valence-electron chi connectivity index (χ1n) is 5.56. The van der Waals surface area contributed by atoms with Crippen LogP contribution in [-0.2, 0) is 9.53 Å². The van der Waals surface area contributed by atoms with E-state index in [1.54, 1.807) is 25.1 Å². The van der Waals surface area contributed by atoms with Crippen molar-refractivity contribution in [2.75, 3.05) is 6.61 Å². The van der Waals surface area contributed by atoms with Gasteiger partial charge in [-0.1, -0.05) is 23.8 Å². The summed E-state index contributed by atoms with van der Waals surface area (Å²) in [5, 5.41) is 0. The second kappa shape index (κ2) is 6.15. The first kappa shape index (κ1) is 13.4. The minimum atomic E-state index is -0.886. The molecule has 0 spiro atoms. The number of carbonyl (C=O) groups is 2. The molecular formula is C13H17NO3. The molecule has 0 aromatic heterocycles. The van der Waals surface area contributed by atoms with Crippen LogP contribution in [0.2, 0.25) is 0 Å². The van der Waals surface area contributed by atoms with Crippen molar-refractivity contribution in [1.82, 2.24) is 0 Å². The Kier molecular flexibility index (Phi) is 4.84. The van der Waals surface area contributed by atoms with Gasteiger partial charge in [0.25, 0.3) is 0 Å². The van der Waals surface area contributed by atoms with Gasteiger partial charge in [-0.2, -0.15) is 0 Å². The van der Waals surface area contributed by atoms with Crippen LogP contribution in [-0.4, -0.2) is 24.4 Å². The Morgan fingerprint density at radius 2 is 2.12 bits per heavy atom. The van der Waals surface area contributed by atoms with Crippen LogP contribution >= 0.6 is 0 Å². The predicted molar refractivity (Wildman–Crippen MR) is 64.7 cm³/mol. The number of ether oxygens (including phenoxy) is 1. The highest BCUT2D eigenvalue weighted by Gasteiger charge is 2.19. The summed E-state index contributed by atoms with van der Waals surface area (Å²) in [6.45, 7) is 3.88. The standard InChI is InChI=1S/C13H17NO3/c1-3-17-13(16)11(14)8-12(15)10-6-4-5-9(2)7-10/h4-7,11H,3,8,14H2,1-2H3. The van der Waals surface area contributed by atoms with Crippen LogP contribution in [0.1, 0.15) is 29.3 Å². The van der Waals surface area contributed by atoms with Crippen molar-refractivity contribution in [1.29, 1.82) is 0 Å². The number of rotatable bonds is 5. The maximum absolute atomic E-state index is 11.8. The lowest BCUT2D eigenvalue weighted by molar-refractivity contribution is -0.144. The van der Waals surface area contributed by atoms with Gasteiger partial charge in [0.15, 0.2) is 5.78 Å². The van der Waals surface area contributed by atoms with Gasteiger partial charge in [-0.3, -0.25) is 9.59 Å². The maximum atomic E-state index is 11.8. The van der Waals surface area contributed by atoms with Gasteiger partial charge < -0.3 is 10.5 Å². The number of ketones is 1. The minimum Gasteiger partial charge on any atom is -0.465 e. The molecule has 0 saturated heterocycles. The average molecular weight is 235 g/mol. The Hall–Kier alpha value is -1.68. The molecule has 4 nitrogen and oxygen atoms in total. The molecule has 1 aromatic carbocycles. The first-order valence-corrected chi connectivity index (χ1v) is 5.56. The Balaban J connectivity index is 2.63. The number of esters is 1. The second-order valence-electron chi connectivity index (χ2n) is 3.86. The van der Waals surface area contributed by atoms with E-state index in [1.165, 1.54) is 0 Å². The summed E-state index contributed by atoms with van der Waals surface area (Å²) < 4.78 is 4.75. The summed E-state index contributed by atoms with van der Waals surface area (Å²) in [5.41, 5.74) is 7.16. The lowest BCUT2D eigenvalue weighted by Gasteiger charge is -2.09. The van der Waals surface area contributed by atoms with Gasteiger partial charge in [0.05, 0.1) is 6.61 Å². The number of hydrogen-bond donors (Lipinski definition) is 1. The van der Waals surface area contributed by atoms with Gasteiger partial charge in [0.1, 0.15) is 6.04 Å². The fourth-order valence-corrected chi connectivity index (χ4v) is 1.47. The Bertz CT molecular complexity index is 415. The molecule has 2 N–H and O–H groups in total. The van der Waals surface area contributed by atoms with Crippen molar-refractivity contribution in [2.24, 2.45) is 5.73 Å². The SMILES string of the molecule is CCOC(=O)C(N)CC(=O)c1cccc(C)c1. The molecule has 1 unspecified atom stereocenters. The quantitative estimate of drug-likeness (QED) is 0.619. The molecule has 1 atom stereocenters. The topological polar surface area (TPSA) is 69.4 Å². The predicted octanol–water partition coefficient (Wildman–Crippen LogP) is 1.46. The third kappa shape index (κ3) is 4.00.